The summed E-state index contributed by atoms with van der Waals surface area (Å²) in [6.07, 6.45) is 4.04. The van der Waals surface area contributed by atoms with Gasteiger partial charge in [0.1, 0.15) is 5.75 Å². The van der Waals surface area contributed by atoms with Gasteiger partial charge >= 0.3 is 0 Å². The van der Waals surface area contributed by atoms with Crippen LogP contribution in [0.25, 0.3) is 0 Å². The van der Waals surface area contributed by atoms with Crippen molar-refractivity contribution in [2.45, 2.75) is 59.0 Å². The van der Waals surface area contributed by atoms with E-state index in [4.69, 9.17) is 4.74 Å². The van der Waals surface area contributed by atoms with E-state index in [-0.39, 0.29) is 5.54 Å². The quantitative estimate of drug-likeness (QED) is 0.863. The van der Waals surface area contributed by atoms with Crippen molar-refractivity contribution in [2.24, 2.45) is 5.92 Å². The van der Waals surface area contributed by atoms with Gasteiger partial charge in [0.15, 0.2) is 0 Å². The highest BCUT2D eigenvalue weighted by Crippen LogP contribution is 2.28. The van der Waals surface area contributed by atoms with Crippen molar-refractivity contribution in [2.75, 3.05) is 6.61 Å². The van der Waals surface area contributed by atoms with Crippen LogP contribution in [0.2, 0.25) is 0 Å². The molecule has 0 heterocycles. The zero-order chi connectivity index (χ0) is 13.9. The molecule has 1 aliphatic carbocycles. The van der Waals surface area contributed by atoms with Crippen LogP contribution in [0.3, 0.4) is 0 Å². The molecular formula is C17H27NO. The second-order valence-electron chi connectivity index (χ2n) is 6.82. The summed E-state index contributed by atoms with van der Waals surface area (Å²) in [6, 6.07) is 6.49. The average Bonchev–Trinajstić information content (AvgIpc) is 2.25. The highest BCUT2D eigenvalue weighted by atomic mass is 16.5. The lowest BCUT2D eigenvalue weighted by atomic mass is 9.86. The maximum atomic E-state index is 6.02. The fraction of sp³-hybridized carbons (Fsp3) is 0.647. The second-order valence-corrected chi connectivity index (χ2v) is 6.82. The zero-order valence-electron chi connectivity index (χ0n) is 12.8. The Balaban J connectivity index is 1.99. The molecule has 0 aromatic heterocycles. The minimum absolute atomic E-state index is 0.134. The maximum Gasteiger partial charge on any atom is 0.123 e. The first-order chi connectivity index (χ1) is 8.94. The van der Waals surface area contributed by atoms with Crippen LogP contribution in [0, 0.1) is 12.8 Å². The van der Waals surface area contributed by atoms with Gasteiger partial charge in [-0.1, -0.05) is 24.1 Å². The summed E-state index contributed by atoms with van der Waals surface area (Å²) in [6.45, 7) is 10.5. The Bertz CT molecular complexity index is 416. The van der Waals surface area contributed by atoms with Crippen LogP contribution in [0.5, 0.6) is 5.75 Å². The molecule has 2 heteroatoms. The van der Waals surface area contributed by atoms with Crippen LogP contribution in [-0.4, -0.2) is 12.1 Å². The molecule has 0 spiro atoms. The molecule has 0 aliphatic heterocycles. The summed E-state index contributed by atoms with van der Waals surface area (Å²) in [5, 5.41) is 3.54. The SMILES string of the molecule is Cc1ccc(OCC2CCC2)c(CNC(C)(C)C)c1. The number of benzene rings is 1. The Morgan fingerprint density at radius 3 is 2.58 bits per heavy atom. The van der Waals surface area contributed by atoms with Crippen LogP contribution in [0.1, 0.15) is 51.2 Å². The lowest BCUT2D eigenvalue weighted by Gasteiger charge is -2.26. The highest BCUT2D eigenvalue weighted by molar-refractivity contribution is 5.37. The maximum absolute atomic E-state index is 6.02. The highest BCUT2D eigenvalue weighted by Gasteiger charge is 2.18. The molecule has 1 aliphatic rings. The third kappa shape index (κ3) is 4.54. The van der Waals surface area contributed by atoms with E-state index in [0.29, 0.717) is 0 Å². The molecule has 1 N–H and O–H groups in total. The van der Waals surface area contributed by atoms with E-state index in [2.05, 4.69) is 51.2 Å². The van der Waals surface area contributed by atoms with Crippen LogP contribution in [-0.2, 0) is 6.54 Å². The smallest absolute Gasteiger partial charge is 0.123 e. The van der Waals surface area contributed by atoms with Gasteiger partial charge in [-0.2, -0.15) is 0 Å². The molecule has 1 aromatic carbocycles. The summed E-state index contributed by atoms with van der Waals surface area (Å²) in [5.41, 5.74) is 2.70. The number of rotatable bonds is 5. The second kappa shape index (κ2) is 5.96. The van der Waals surface area contributed by atoms with Gasteiger partial charge in [0.25, 0.3) is 0 Å². The first kappa shape index (κ1) is 14.4. The molecule has 2 rings (SSSR count). The third-order valence-electron chi connectivity index (χ3n) is 3.72. The molecule has 1 fully saturated rings. The summed E-state index contributed by atoms with van der Waals surface area (Å²) in [7, 11) is 0. The summed E-state index contributed by atoms with van der Waals surface area (Å²) in [5.74, 6) is 1.83. The minimum Gasteiger partial charge on any atom is -0.493 e. The van der Waals surface area contributed by atoms with Crippen molar-refractivity contribution in [3.63, 3.8) is 0 Å². The summed E-state index contributed by atoms with van der Waals surface area (Å²) >= 11 is 0. The van der Waals surface area contributed by atoms with E-state index in [1.54, 1.807) is 0 Å². The van der Waals surface area contributed by atoms with Crippen molar-refractivity contribution in [1.82, 2.24) is 5.32 Å². The molecule has 0 radical (unpaired) electrons. The zero-order valence-corrected chi connectivity index (χ0v) is 12.8. The van der Waals surface area contributed by atoms with Crippen molar-refractivity contribution < 1.29 is 4.74 Å². The lowest BCUT2D eigenvalue weighted by Crippen LogP contribution is -2.35. The number of aryl methyl sites for hydroxylation is 1. The van der Waals surface area contributed by atoms with Gasteiger partial charge < -0.3 is 10.1 Å². The Morgan fingerprint density at radius 2 is 2.00 bits per heavy atom. The van der Waals surface area contributed by atoms with Gasteiger partial charge in [0.05, 0.1) is 6.61 Å². The fourth-order valence-electron chi connectivity index (χ4n) is 2.21. The largest absolute Gasteiger partial charge is 0.493 e. The normalized spacial score (nSPS) is 16.2. The average molecular weight is 261 g/mol. The number of hydrogen-bond donors (Lipinski definition) is 1. The van der Waals surface area contributed by atoms with E-state index in [9.17, 15) is 0 Å². The summed E-state index contributed by atoms with van der Waals surface area (Å²) in [4.78, 5) is 0. The summed E-state index contributed by atoms with van der Waals surface area (Å²) < 4.78 is 6.02. The van der Waals surface area contributed by atoms with Gasteiger partial charge in [0, 0.05) is 17.6 Å². The van der Waals surface area contributed by atoms with Crippen molar-refractivity contribution >= 4 is 0 Å². The van der Waals surface area contributed by atoms with Gasteiger partial charge in [-0.3, -0.25) is 0 Å². The molecule has 0 bridgehead atoms. The van der Waals surface area contributed by atoms with E-state index < -0.39 is 0 Å². The predicted molar refractivity (Wildman–Crippen MR) is 80.6 cm³/mol. The molecule has 2 nitrogen and oxygen atoms in total. The minimum atomic E-state index is 0.134. The molecule has 0 unspecified atom stereocenters. The van der Waals surface area contributed by atoms with E-state index in [0.717, 1.165) is 24.8 Å². The lowest BCUT2D eigenvalue weighted by molar-refractivity contribution is 0.179. The van der Waals surface area contributed by atoms with Crippen LogP contribution >= 0.6 is 0 Å². The van der Waals surface area contributed by atoms with Crippen LogP contribution in [0.4, 0.5) is 0 Å². The monoisotopic (exact) mass is 261 g/mol. The van der Waals surface area contributed by atoms with Crippen molar-refractivity contribution in [3.8, 4) is 5.75 Å². The van der Waals surface area contributed by atoms with Crippen LogP contribution in [0.15, 0.2) is 18.2 Å². The van der Waals surface area contributed by atoms with Crippen molar-refractivity contribution in [1.29, 1.82) is 0 Å². The first-order valence-electron chi connectivity index (χ1n) is 7.41. The molecule has 0 amide bonds. The van der Waals surface area contributed by atoms with Gasteiger partial charge in [-0.05, 0) is 52.5 Å². The first-order valence-corrected chi connectivity index (χ1v) is 7.41. The third-order valence-corrected chi connectivity index (χ3v) is 3.72. The molecule has 1 aromatic rings. The van der Waals surface area contributed by atoms with Gasteiger partial charge in [-0.15, -0.1) is 0 Å². The Kier molecular flexibility index (Phi) is 4.51. The van der Waals surface area contributed by atoms with Crippen molar-refractivity contribution in [3.05, 3.63) is 29.3 Å². The topological polar surface area (TPSA) is 21.3 Å². The molecule has 106 valence electrons. The number of ether oxygens (including phenoxy) is 1. The van der Waals surface area contributed by atoms with Crippen LogP contribution < -0.4 is 10.1 Å². The number of hydrogen-bond acceptors (Lipinski definition) is 2. The molecule has 1 saturated carbocycles. The molecule has 0 saturated heterocycles. The molecule has 19 heavy (non-hydrogen) atoms. The van der Waals surface area contributed by atoms with Gasteiger partial charge in [-0.25, -0.2) is 0 Å². The Hall–Kier alpha value is -1.02. The van der Waals surface area contributed by atoms with E-state index in [1.807, 2.05) is 0 Å². The van der Waals surface area contributed by atoms with Gasteiger partial charge in [0.2, 0.25) is 0 Å². The number of nitrogens with one attached hydrogen (secondary N) is 1. The molecule has 0 atom stereocenters. The fourth-order valence-corrected chi connectivity index (χ4v) is 2.21. The predicted octanol–water partition coefficient (Wildman–Crippen LogP) is 4.06. The standard InChI is InChI=1S/C17H27NO/c1-13-8-9-16(19-12-14-6-5-7-14)15(10-13)11-18-17(2,3)4/h8-10,14,18H,5-7,11-12H2,1-4H3. The Morgan fingerprint density at radius 1 is 1.26 bits per heavy atom. The molecular weight excluding hydrogens is 234 g/mol. The van der Waals surface area contributed by atoms with E-state index >= 15 is 0 Å². The Labute approximate surface area is 117 Å². The van der Waals surface area contributed by atoms with E-state index in [1.165, 1.54) is 30.4 Å².